The molecule has 0 rings (SSSR count). The zero-order valence-electron chi connectivity index (χ0n) is 54.7. The summed E-state index contributed by atoms with van der Waals surface area (Å²) in [6, 6.07) is 0. The van der Waals surface area contributed by atoms with Crippen LogP contribution in [0.3, 0.4) is 0 Å². The highest BCUT2D eigenvalue weighted by Gasteiger charge is 2.30. The average molecular weight is 1260 g/mol. The number of carbonyl (C=O) groups is 4. The van der Waals surface area contributed by atoms with E-state index in [2.05, 4.69) is 34.6 Å². The summed E-state index contributed by atoms with van der Waals surface area (Å²) in [4.78, 5) is 72.2. The summed E-state index contributed by atoms with van der Waals surface area (Å²) < 4.78 is 68.0. The molecule has 0 aliphatic heterocycles. The third kappa shape index (κ3) is 59.5. The molecule has 0 radical (unpaired) electrons. The van der Waals surface area contributed by atoms with Gasteiger partial charge in [0.2, 0.25) is 0 Å². The van der Waals surface area contributed by atoms with Gasteiger partial charge in [-0.1, -0.05) is 285 Å². The van der Waals surface area contributed by atoms with Crippen molar-refractivity contribution in [3.63, 3.8) is 0 Å². The van der Waals surface area contributed by atoms with Gasteiger partial charge < -0.3 is 33.8 Å². The van der Waals surface area contributed by atoms with Crippen LogP contribution in [0, 0.1) is 5.92 Å². The Morgan fingerprint density at radius 3 is 0.835 bits per heavy atom. The van der Waals surface area contributed by atoms with Crippen LogP contribution < -0.4 is 0 Å². The molecular formula is C66H128O17P2. The fourth-order valence-corrected chi connectivity index (χ4v) is 11.5. The van der Waals surface area contributed by atoms with Crippen LogP contribution >= 0.6 is 15.6 Å². The van der Waals surface area contributed by atoms with Gasteiger partial charge in [-0.05, 0) is 31.6 Å². The molecular weight excluding hydrogens is 1130 g/mol. The zero-order valence-corrected chi connectivity index (χ0v) is 56.5. The number of rotatable bonds is 66. The van der Waals surface area contributed by atoms with Gasteiger partial charge in [-0.2, -0.15) is 0 Å². The van der Waals surface area contributed by atoms with Crippen molar-refractivity contribution in [1.29, 1.82) is 0 Å². The van der Waals surface area contributed by atoms with Crippen molar-refractivity contribution in [2.75, 3.05) is 39.6 Å². The van der Waals surface area contributed by atoms with Crippen molar-refractivity contribution in [3.05, 3.63) is 0 Å². The van der Waals surface area contributed by atoms with Crippen molar-refractivity contribution in [2.45, 2.75) is 355 Å². The number of ether oxygens (including phenoxy) is 4. The molecule has 3 N–H and O–H groups in total. The molecule has 0 heterocycles. The van der Waals surface area contributed by atoms with E-state index in [1.54, 1.807) is 0 Å². The van der Waals surface area contributed by atoms with Gasteiger partial charge in [0.15, 0.2) is 12.2 Å². The van der Waals surface area contributed by atoms with E-state index < -0.39 is 97.5 Å². The molecule has 504 valence electrons. The molecule has 19 heteroatoms. The van der Waals surface area contributed by atoms with Crippen LogP contribution in [-0.4, -0.2) is 96.7 Å². The Bertz CT molecular complexity index is 1650. The van der Waals surface area contributed by atoms with E-state index in [9.17, 15) is 43.2 Å². The number of phosphoric ester groups is 2. The lowest BCUT2D eigenvalue weighted by Gasteiger charge is -2.21. The van der Waals surface area contributed by atoms with Crippen molar-refractivity contribution in [2.24, 2.45) is 5.92 Å². The average Bonchev–Trinajstić information content (AvgIpc) is 3.50. The minimum absolute atomic E-state index is 0.106. The fraction of sp³-hybridized carbons (Fsp3) is 0.939. The van der Waals surface area contributed by atoms with Crippen molar-refractivity contribution in [3.8, 4) is 0 Å². The number of aliphatic hydroxyl groups excluding tert-OH is 1. The van der Waals surface area contributed by atoms with Crippen molar-refractivity contribution < 1.29 is 80.2 Å². The topological polar surface area (TPSA) is 237 Å². The SMILES string of the molecule is CCCCCCCCCCCCCCCCCCCCC(=O)O[C@H](COC(=O)CCCCCCCCC(C)CC)COP(=O)(O)OC[C@@H](O)COP(=O)(O)OC[C@@H](COC(=O)CCCCCCCCCC)OC(=O)CCCCCCCCCCC. The Balaban J connectivity index is 5.17. The second kappa shape index (κ2) is 59.7. The lowest BCUT2D eigenvalue weighted by molar-refractivity contribution is -0.161. The second-order valence-electron chi connectivity index (χ2n) is 24.1. The monoisotopic (exact) mass is 1250 g/mol. The van der Waals surface area contributed by atoms with Gasteiger partial charge in [0.1, 0.15) is 19.3 Å². The Kier molecular flexibility index (Phi) is 58.3. The summed E-state index contributed by atoms with van der Waals surface area (Å²) in [6.07, 6.45) is 44.6. The Morgan fingerprint density at radius 2 is 0.565 bits per heavy atom. The van der Waals surface area contributed by atoms with Gasteiger partial charge in [0.25, 0.3) is 0 Å². The quantitative estimate of drug-likeness (QED) is 0.0222. The molecule has 0 aliphatic rings. The molecule has 0 saturated heterocycles. The largest absolute Gasteiger partial charge is 0.472 e. The minimum atomic E-state index is -4.95. The van der Waals surface area contributed by atoms with Gasteiger partial charge in [-0.15, -0.1) is 0 Å². The number of carbonyl (C=O) groups excluding carboxylic acids is 4. The first-order chi connectivity index (χ1) is 41.1. The molecule has 6 atom stereocenters. The summed E-state index contributed by atoms with van der Waals surface area (Å²) in [5, 5.41) is 10.5. The first kappa shape index (κ1) is 83.1. The molecule has 0 spiro atoms. The lowest BCUT2D eigenvalue weighted by atomic mass is 10.00. The number of aliphatic hydroxyl groups is 1. The van der Waals surface area contributed by atoms with E-state index in [4.69, 9.17) is 37.0 Å². The molecule has 0 fully saturated rings. The maximum Gasteiger partial charge on any atom is 0.472 e. The molecule has 0 aromatic rings. The number of hydrogen-bond acceptors (Lipinski definition) is 15. The normalized spacial score (nSPS) is 14.5. The fourth-order valence-electron chi connectivity index (χ4n) is 9.90. The molecule has 0 aliphatic carbocycles. The minimum Gasteiger partial charge on any atom is -0.462 e. The van der Waals surface area contributed by atoms with Crippen LogP contribution in [0.4, 0.5) is 0 Å². The van der Waals surface area contributed by atoms with Gasteiger partial charge in [-0.25, -0.2) is 9.13 Å². The lowest BCUT2D eigenvalue weighted by Crippen LogP contribution is -2.30. The Labute approximate surface area is 517 Å². The van der Waals surface area contributed by atoms with Crippen LogP contribution in [-0.2, 0) is 65.4 Å². The third-order valence-electron chi connectivity index (χ3n) is 15.6. The number of esters is 4. The van der Waals surface area contributed by atoms with E-state index in [0.29, 0.717) is 25.7 Å². The Morgan fingerprint density at radius 1 is 0.329 bits per heavy atom. The van der Waals surface area contributed by atoms with E-state index in [0.717, 1.165) is 109 Å². The van der Waals surface area contributed by atoms with E-state index in [-0.39, 0.29) is 25.7 Å². The highest BCUT2D eigenvalue weighted by Crippen LogP contribution is 2.45. The summed E-state index contributed by atoms with van der Waals surface area (Å²) in [5.74, 6) is -1.40. The van der Waals surface area contributed by atoms with Crippen LogP contribution in [0.5, 0.6) is 0 Å². The third-order valence-corrected chi connectivity index (χ3v) is 17.5. The summed E-state index contributed by atoms with van der Waals surface area (Å²) in [7, 11) is -9.88. The molecule has 0 aromatic carbocycles. The van der Waals surface area contributed by atoms with Gasteiger partial charge in [0.05, 0.1) is 26.4 Å². The second-order valence-corrected chi connectivity index (χ2v) is 27.0. The van der Waals surface area contributed by atoms with Crippen LogP contribution in [0.1, 0.15) is 336 Å². The summed E-state index contributed by atoms with van der Waals surface area (Å²) in [6.45, 7) is 7.13. The standard InChI is InChI=1S/C66H128O17P2/c1-6-10-13-16-19-22-23-24-25-26-27-28-29-30-32-35-42-47-52-66(71)83-62(56-77-64(69)50-45-40-37-36-38-43-48-59(5)9-4)58-81-85(74,75)79-54-60(67)53-78-84(72,73)80-57-61(55-76-63(68)49-44-39-33-21-18-15-12-8-3)82-65(70)51-46-41-34-31-20-17-14-11-7-2/h59-62,67H,6-58H2,1-5H3,(H,72,73)(H,74,75)/t59?,60-,61+,62+/m0/s1. The first-order valence-corrected chi connectivity index (χ1v) is 37.7. The number of unbranched alkanes of at least 4 members (excludes halogenated alkanes) is 37. The Hall–Kier alpha value is -1.94. The maximum absolute atomic E-state index is 13.0. The molecule has 3 unspecified atom stereocenters. The highest BCUT2D eigenvalue weighted by atomic mass is 31.2. The molecule has 17 nitrogen and oxygen atoms in total. The smallest absolute Gasteiger partial charge is 0.462 e. The van der Waals surface area contributed by atoms with Crippen molar-refractivity contribution >= 4 is 39.5 Å². The molecule has 0 aromatic heterocycles. The predicted octanol–water partition coefficient (Wildman–Crippen LogP) is 18.6. The predicted molar refractivity (Wildman–Crippen MR) is 340 cm³/mol. The van der Waals surface area contributed by atoms with Crippen LogP contribution in [0.15, 0.2) is 0 Å². The van der Waals surface area contributed by atoms with Crippen molar-refractivity contribution in [1.82, 2.24) is 0 Å². The van der Waals surface area contributed by atoms with Crippen LogP contribution in [0.2, 0.25) is 0 Å². The van der Waals surface area contributed by atoms with E-state index in [1.165, 1.54) is 148 Å². The van der Waals surface area contributed by atoms with Gasteiger partial charge >= 0.3 is 39.5 Å². The van der Waals surface area contributed by atoms with Crippen LogP contribution in [0.25, 0.3) is 0 Å². The summed E-state index contributed by atoms with van der Waals surface area (Å²) >= 11 is 0. The molecule has 0 bridgehead atoms. The first-order valence-electron chi connectivity index (χ1n) is 34.7. The molecule has 0 amide bonds. The molecule has 85 heavy (non-hydrogen) atoms. The number of hydrogen-bond donors (Lipinski definition) is 3. The highest BCUT2D eigenvalue weighted by molar-refractivity contribution is 7.47. The zero-order chi connectivity index (χ0) is 62.8. The summed E-state index contributed by atoms with van der Waals surface area (Å²) in [5.41, 5.74) is 0. The number of phosphoric acid groups is 2. The van der Waals surface area contributed by atoms with E-state index in [1.807, 2.05) is 0 Å². The molecule has 0 saturated carbocycles. The maximum atomic E-state index is 13.0. The van der Waals surface area contributed by atoms with Gasteiger partial charge in [-0.3, -0.25) is 37.3 Å². The van der Waals surface area contributed by atoms with Gasteiger partial charge in [0, 0.05) is 25.7 Å². The van der Waals surface area contributed by atoms with E-state index >= 15 is 0 Å².